The summed E-state index contributed by atoms with van der Waals surface area (Å²) in [5.74, 6) is 1.14. The van der Waals surface area contributed by atoms with Crippen molar-refractivity contribution >= 4 is 28.9 Å². The van der Waals surface area contributed by atoms with Gasteiger partial charge in [0, 0.05) is 17.1 Å². The highest BCUT2D eigenvalue weighted by Crippen LogP contribution is 2.39. The zero-order valence-corrected chi connectivity index (χ0v) is 22.9. The zero-order valence-electron chi connectivity index (χ0n) is 22.9. The Hall–Kier alpha value is -4.98. The minimum atomic E-state index is -0.521. The van der Waals surface area contributed by atoms with Crippen LogP contribution >= 0.6 is 0 Å². The number of benzene rings is 4. The van der Waals surface area contributed by atoms with Gasteiger partial charge < -0.3 is 24.8 Å². The van der Waals surface area contributed by atoms with Gasteiger partial charge in [-0.3, -0.25) is 14.5 Å². The molecule has 8 nitrogen and oxygen atoms in total. The van der Waals surface area contributed by atoms with E-state index in [1.54, 1.807) is 24.1 Å². The SMILES string of the molecule is COc1ccc(N2C(=O)c3ccccc3N[C@@H]2c2ccc(OCC(=O)Nc3ccc(C)c(C)c3)c(OC)c2)cc1. The molecule has 0 unspecified atom stereocenters. The van der Waals surface area contributed by atoms with Gasteiger partial charge in [0.2, 0.25) is 0 Å². The van der Waals surface area contributed by atoms with Gasteiger partial charge in [0.05, 0.1) is 19.8 Å². The summed E-state index contributed by atoms with van der Waals surface area (Å²) < 4.78 is 16.7. The van der Waals surface area contributed by atoms with Crippen molar-refractivity contribution in [2.75, 3.05) is 36.4 Å². The molecule has 1 atom stereocenters. The number of aryl methyl sites for hydroxylation is 2. The fourth-order valence-corrected chi connectivity index (χ4v) is 4.63. The molecular formula is C32H31N3O5. The maximum Gasteiger partial charge on any atom is 0.262 e. The number of anilines is 3. The first-order valence-electron chi connectivity index (χ1n) is 12.9. The first-order valence-corrected chi connectivity index (χ1v) is 12.9. The number of nitrogens with zero attached hydrogens (tertiary/aromatic N) is 1. The molecule has 2 N–H and O–H groups in total. The Labute approximate surface area is 233 Å². The Morgan fingerprint density at radius 1 is 0.875 bits per heavy atom. The molecule has 8 heteroatoms. The van der Waals surface area contributed by atoms with E-state index in [1.165, 1.54) is 7.11 Å². The summed E-state index contributed by atoms with van der Waals surface area (Å²) in [4.78, 5) is 28.0. The van der Waals surface area contributed by atoms with Crippen molar-refractivity contribution in [2.45, 2.75) is 20.0 Å². The second-order valence-electron chi connectivity index (χ2n) is 9.51. The summed E-state index contributed by atoms with van der Waals surface area (Å²) >= 11 is 0. The largest absolute Gasteiger partial charge is 0.497 e. The van der Waals surface area contributed by atoms with Crippen LogP contribution in [0.2, 0.25) is 0 Å². The molecular weight excluding hydrogens is 506 g/mol. The number of hydrogen-bond donors (Lipinski definition) is 2. The van der Waals surface area contributed by atoms with Gasteiger partial charge in [0.15, 0.2) is 18.1 Å². The monoisotopic (exact) mass is 537 g/mol. The second-order valence-corrected chi connectivity index (χ2v) is 9.51. The first kappa shape index (κ1) is 26.6. The molecule has 5 rings (SSSR count). The maximum absolute atomic E-state index is 13.7. The van der Waals surface area contributed by atoms with E-state index < -0.39 is 6.17 Å². The number of ether oxygens (including phenoxy) is 3. The average molecular weight is 538 g/mol. The fourth-order valence-electron chi connectivity index (χ4n) is 4.63. The van der Waals surface area contributed by atoms with Crippen molar-refractivity contribution in [3.8, 4) is 17.2 Å². The van der Waals surface area contributed by atoms with Crippen molar-refractivity contribution in [3.63, 3.8) is 0 Å². The number of carbonyl (C=O) groups is 2. The van der Waals surface area contributed by atoms with Gasteiger partial charge in [-0.1, -0.05) is 24.3 Å². The maximum atomic E-state index is 13.7. The molecule has 0 spiro atoms. The predicted molar refractivity (Wildman–Crippen MR) is 156 cm³/mol. The van der Waals surface area contributed by atoms with E-state index in [0.29, 0.717) is 34.2 Å². The van der Waals surface area contributed by atoms with E-state index in [9.17, 15) is 9.59 Å². The summed E-state index contributed by atoms with van der Waals surface area (Å²) in [6.45, 7) is 3.83. The van der Waals surface area contributed by atoms with Gasteiger partial charge >= 0.3 is 0 Å². The predicted octanol–water partition coefficient (Wildman–Crippen LogP) is 6.11. The summed E-state index contributed by atoms with van der Waals surface area (Å²) in [5, 5.41) is 6.35. The first-order chi connectivity index (χ1) is 19.4. The highest BCUT2D eigenvalue weighted by Gasteiger charge is 2.34. The normalized spacial score (nSPS) is 14.2. The van der Waals surface area contributed by atoms with Gasteiger partial charge in [0.1, 0.15) is 11.9 Å². The molecule has 0 radical (unpaired) electrons. The zero-order chi connectivity index (χ0) is 28.2. The van der Waals surface area contributed by atoms with Gasteiger partial charge in [-0.25, -0.2) is 0 Å². The molecule has 0 aromatic heterocycles. The Morgan fingerprint density at radius 3 is 2.38 bits per heavy atom. The van der Waals surface area contributed by atoms with Crippen molar-refractivity contribution in [1.82, 2.24) is 0 Å². The molecule has 1 aliphatic heterocycles. The Bertz CT molecular complexity index is 1550. The van der Waals surface area contributed by atoms with E-state index in [1.807, 2.05) is 86.6 Å². The smallest absolute Gasteiger partial charge is 0.262 e. The topological polar surface area (TPSA) is 89.1 Å². The number of amides is 2. The molecule has 0 saturated carbocycles. The van der Waals surface area contributed by atoms with Crippen LogP contribution in [-0.4, -0.2) is 32.6 Å². The summed E-state index contributed by atoms with van der Waals surface area (Å²) in [5.41, 5.74) is 5.77. The summed E-state index contributed by atoms with van der Waals surface area (Å²) in [7, 11) is 3.14. The van der Waals surface area contributed by atoms with Crippen LogP contribution in [0.3, 0.4) is 0 Å². The van der Waals surface area contributed by atoms with Crippen LogP contribution in [0.15, 0.2) is 84.9 Å². The Morgan fingerprint density at radius 2 is 1.65 bits per heavy atom. The summed E-state index contributed by atoms with van der Waals surface area (Å²) in [6.07, 6.45) is -0.521. The van der Waals surface area contributed by atoms with Crippen LogP contribution in [0.5, 0.6) is 17.2 Å². The number of carbonyl (C=O) groups excluding carboxylic acids is 2. The molecule has 2 amide bonds. The van der Waals surface area contributed by atoms with Crippen molar-refractivity contribution in [1.29, 1.82) is 0 Å². The van der Waals surface area contributed by atoms with Crippen molar-refractivity contribution in [2.24, 2.45) is 0 Å². The van der Waals surface area contributed by atoms with Crippen LogP contribution < -0.4 is 29.7 Å². The molecule has 1 heterocycles. The number of hydrogen-bond acceptors (Lipinski definition) is 6. The molecule has 0 aliphatic carbocycles. The number of nitrogens with one attached hydrogen (secondary N) is 2. The number of fused-ring (bicyclic) bond motifs is 1. The lowest BCUT2D eigenvalue weighted by molar-refractivity contribution is -0.118. The highest BCUT2D eigenvalue weighted by molar-refractivity contribution is 6.12. The number of para-hydroxylation sites is 1. The molecule has 1 aliphatic rings. The van der Waals surface area contributed by atoms with Crippen LogP contribution in [0.4, 0.5) is 17.1 Å². The minimum Gasteiger partial charge on any atom is -0.497 e. The van der Waals surface area contributed by atoms with E-state index in [4.69, 9.17) is 14.2 Å². The van der Waals surface area contributed by atoms with E-state index >= 15 is 0 Å². The second kappa shape index (κ2) is 11.4. The van der Waals surface area contributed by atoms with E-state index in [-0.39, 0.29) is 18.4 Å². The van der Waals surface area contributed by atoms with Crippen LogP contribution in [0.1, 0.15) is 33.2 Å². The number of rotatable bonds is 8. The standard InChI is InChI=1S/C32H31N3O5/c1-20-9-11-23(17-21(20)2)33-30(36)19-40-28-16-10-22(18-29(28)39-4)31-34-27-8-6-5-7-26(27)32(37)35(31)24-12-14-25(38-3)15-13-24/h5-18,31,34H,19H2,1-4H3,(H,33,36)/t31-/m0/s1. The van der Waals surface area contributed by atoms with E-state index in [2.05, 4.69) is 10.6 Å². The Kier molecular flexibility index (Phi) is 7.59. The number of methoxy groups -OCH3 is 2. The third kappa shape index (κ3) is 5.42. The van der Waals surface area contributed by atoms with Gasteiger partial charge in [-0.15, -0.1) is 0 Å². The van der Waals surface area contributed by atoms with Crippen LogP contribution in [-0.2, 0) is 4.79 Å². The van der Waals surface area contributed by atoms with Crippen molar-refractivity contribution < 1.29 is 23.8 Å². The third-order valence-electron chi connectivity index (χ3n) is 6.93. The third-order valence-corrected chi connectivity index (χ3v) is 6.93. The van der Waals surface area contributed by atoms with Gasteiger partial charge in [-0.2, -0.15) is 0 Å². The molecule has 40 heavy (non-hydrogen) atoms. The van der Waals surface area contributed by atoms with Crippen molar-refractivity contribution in [3.05, 3.63) is 107 Å². The molecule has 0 fully saturated rings. The lowest BCUT2D eigenvalue weighted by Gasteiger charge is -2.38. The summed E-state index contributed by atoms with van der Waals surface area (Å²) in [6, 6.07) is 25.9. The lowest BCUT2D eigenvalue weighted by Crippen LogP contribution is -2.43. The quantitative estimate of drug-likeness (QED) is 0.282. The minimum absolute atomic E-state index is 0.133. The average Bonchev–Trinajstić information content (AvgIpc) is 2.98. The van der Waals surface area contributed by atoms with Gasteiger partial charge in [-0.05, 0) is 91.2 Å². The molecule has 4 aromatic rings. The lowest BCUT2D eigenvalue weighted by atomic mass is 10.0. The highest BCUT2D eigenvalue weighted by atomic mass is 16.5. The molecule has 0 bridgehead atoms. The molecule has 4 aromatic carbocycles. The molecule has 204 valence electrons. The Balaban J connectivity index is 1.39. The van der Waals surface area contributed by atoms with E-state index in [0.717, 1.165) is 22.4 Å². The fraction of sp³-hybridized carbons (Fsp3) is 0.188. The molecule has 0 saturated heterocycles. The van der Waals surface area contributed by atoms with Gasteiger partial charge in [0.25, 0.3) is 11.8 Å². The van der Waals surface area contributed by atoms with Crippen LogP contribution in [0.25, 0.3) is 0 Å². The van der Waals surface area contributed by atoms with Crippen LogP contribution in [0, 0.1) is 13.8 Å².